The van der Waals surface area contributed by atoms with Crippen LogP contribution in [0, 0.1) is 11.3 Å². The number of rotatable bonds is 4. The van der Waals surface area contributed by atoms with Crippen LogP contribution in [-0.2, 0) is 9.53 Å². The van der Waals surface area contributed by atoms with Gasteiger partial charge in [-0.1, -0.05) is 17.7 Å². The van der Waals surface area contributed by atoms with Gasteiger partial charge in [-0.05, 0) is 25.0 Å². The molecule has 0 spiro atoms. The Morgan fingerprint density at radius 3 is 2.95 bits per heavy atom. The first-order valence-electron chi connectivity index (χ1n) is 6.39. The molecule has 1 saturated heterocycles. The molecule has 0 unspecified atom stereocenters. The highest BCUT2D eigenvalue weighted by molar-refractivity contribution is 6.31. The average molecular weight is 295 g/mol. The highest BCUT2D eigenvalue weighted by Crippen LogP contribution is 2.25. The number of amides is 1. The SMILES string of the molecule is N#Cc1c(Cl)cccc1OCC(=O)NC1CCOCC1. The summed E-state index contributed by atoms with van der Waals surface area (Å²) in [5.74, 6) is 0.114. The third-order valence-corrected chi connectivity index (χ3v) is 3.35. The van der Waals surface area contributed by atoms with Crippen molar-refractivity contribution in [2.45, 2.75) is 18.9 Å². The van der Waals surface area contributed by atoms with Gasteiger partial charge in [0.25, 0.3) is 5.91 Å². The number of carbonyl (C=O) groups is 1. The molecule has 106 valence electrons. The molecule has 1 fully saturated rings. The molecule has 0 bridgehead atoms. The van der Waals surface area contributed by atoms with Crippen molar-refractivity contribution in [3.8, 4) is 11.8 Å². The first-order valence-corrected chi connectivity index (χ1v) is 6.77. The number of nitrogens with one attached hydrogen (secondary N) is 1. The molecule has 0 atom stereocenters. The van der Waals surface area contributed by atoms with Gasteiger partial charge in [0.2, 0.25) is 0 Å². The fourth-order valence-corrected chi connectivity index (χ4v) is 2.20. The highest BCUT2D eigenvalue weighted by Gasteiger charge is 2.16. The van der Waals surface area contributed by atoms with Gasteiger partial charge in [-0.25, -0.2) is 0 Å². The van der Waals surface area contributed by atoms with Crippen LogP contribution >= 0.6 is 11.6 Å². The van der Waals surface area contributed by atoms with Crippen LogP contribution in [0.1, 0.15) is 18.4 Å². The zero-order chi connectivity index (χ0) is 14.4. The van der Waals surface area contributed by atoms with Gasteiger partial charge in [0.1, 0.15) is 17.4 Å². The van der Waals surface area contributed by atoms with Crippen molar-refractivity contribution in [1.82, 2.24) is 5.32 Å². The van der Waals surface area contributed by atoms with Crippen LogP contribution in [0.4, 0.5) is 0 Å². The number of halogens is 1. The van der Waals surface area contributed by atoms with Crippen molar-refractivity contribution in [3.05, 3.63) is 28.8 Å². The summed E-state index contributed by atoms with van der Waals surface area (Å²) in [6, 6.07) is 7.00. The number of ether oxygens (including phenoxy) is 2. The van der Waals surface area contributed by atoms with E-state index >= 15 is 0 Å². The smallest absolute Gasteiger partial charge is 0.258 e. The second-order valence-electron chi connectivity index (χ2n) is 4.47. The fourth-order valence-electron chi connectivity index (χ4n) is 1.99. The van der Waals surface area contributed by atoms with E-state index in [0.29, 0.717) is 24.0 Å². The summed E-state index contributed by atoms with van der Waals surface area (Å²) < 4.78 is 10.6. The largest absolute Gasteiger partial charge is 0.482 e. The van der Waals surface area contributed by atoms with Crippen molar-refractivity contribution in [2.75, 3.05) is 19.8 Å². The van der Waals surface area contributed by atoms with E-state index in [1.807, 2.05) is 6.07 Å². The van der Waals surface area contributed by atoms with Crippen LogP contribution < -0.4 is 10.1 Å². The molecular weight excluding hydrogens is 280 g/mol. The zero-order valence-corrected chi connectivity index (χ0v) is 11.7. The lowest BCUT2D eigenvalue weighted by molar-refractivity contribution is -0.124. The maximum Gasteiger partial charge on any atom is 0.258 e. The summed E-state index contributed by atoms with van der Waals surface area (Å²) in [6.07, 6.45) is 1.62. The van der Waals surface area contributed by atoms with Crippen LogP contribution in [0.5, 0.6) is 5.75 Å². The molecule has 1 aliphatic heterocycles. The summed E-state index contributed by atoms with van der Waals surface area (Å²) in [7, 11) is 0. The second-order valence-corrected chi connectivity index (χ2v) is 4.87. The first-order chi connectivity index (χ1) is 9.70. The molecular formula is C14H15ClN2O3. The number of hydrogen-bond acceptors (Lipinski definition) is 4. The Labute approximate surface area is 122 Å². The van der Waals surface area contributed by atoms with Crippen LogP contribution in [0.2, 0.25) is 5.02 Å². The number of nitrogens with zero attached hydrogens (tertiary/aromatic N) is 1. The normalized spacial score (nSPS) is 15.4. The minimum atomic E-state index is -0.208. The van der Waals surface area contributed by atoms with Crippen LogP contribution in [0.3, 0.4) is 0 Å². The van der Waals surface area contributed by atoms with Gasteiger partial charge in [0.15, 0.2) is 6.61 Å². The van der Waals surface area contributed by atoms with E-state index in [-0.39, 0.29) is 24.1 Å². The highest BCUT2D eigenvalue weighted by atomic mass is 35.5. The molecule has 1 N–H and O–H groups in total. The predicted molar refractivity (Wildman–Crippen MR) is 73.6 cm³/mol. The van der Waals surface area contributed by atoms with Crippen molar-refractivity contribution in [1.29, 1.82) is 5.26 Å². The predicted octanol–water partition coefficient (Wildman–Crippen LogP) is 1.89. The van der Waals surface area contributed by atoms with Gasteiger partial charge in [-0.2, -0.15) is 5.26 Å². The summed E-state index contributed by atoms with van der Waals surface area (Å²) in [5, 5.41) is 12.2. The van der Waals surface area contributed by atoms with E-state index in [1.54, 1.807) is 18.2 Å². The second kappa shape index (κ2) is 7.13. The van der Waals surface area contributed by atoms with Crippen LogP contribution in [0.15, 0.2) is 18.2 Å². The molecule has 0 aliphatic carbocycles. The lowest BCUT2D eigenvalue weighted by atomic mass is 10.1. The quantitative estimate of drug-likeness (QED) is 0.920. The molecule has 1 aromatic rings. The van der Waals surface area contributed by atoms with E-state index in [0.717, 1.165) is 12.8 Å². The Kier molecular flexibility index (Phi) is 5.22. The number of benzene rings is 1. The monoisotopic (exact) mass is 294 g/mol. The van der Waals surface area contributed by atoms with E-state index in [4.69, 9.17) is 26.3 Å². The average Bonchev–Trinajstić information content (AvgIpc) is 2.46. The Morgan fingerprint density at radius 1 is 1.50 bits per heavy atom. The van der Waals surface area contributed by atoms with Gasteiger partial charge < -0.3 is 14.8 Å². The number of hydrogen-bond donors (Lipinski definition) is 1. The van der Waals surface area contributed by atoms with Gasteiger partial charge >= 0.3 is 0 Å². The topological polar surface area (TPSA) is 71.3 Å². The summed E-state index contributed by atoms with van der Waals surface area (Å²) in [6.45, 7) is 1.20. The fraction of sp³-hybridized carbons (Fsp3) is 0.429. The van der Waals surface area contributed by atoms with Crippen molar-refractivity contribution in [3.63, 3.8) is 0 Å². The Bertz CT molecular complexity index is 522. The number of carbonyl (C=O) groups excluding carboxylic acids is 1. The minimum absolute atomic E-state index is 0.133. The molecule has 0 saturated carbocycles. The van der Waals surface area contributed by atoms with E-state index in [2.05, 4.69) is 5.32 Å². The number of nitriles is 1. The van der Waals surface area contributed by atoms with Crippen LogP contribution in [-0.4, -0.2) is 31.8 Å². The summed E-state index contributed by atoms with van der Waals surface area (Å²) in [4.78, 5) is 11.8. The molecule has 6 heteroatoms. The lowest BCUT2D eigenvalue weighted by Gasteiger charge is -2.23. The van der Waals surface area contributed by atoms with E-state index in [9.17, 15) is 4.79 Å². The molecule has 1 aliphatic rings. The first kappa shape index (κ1) is 14.6. The summed E-state index contributed by atoms with van der Waals surface area (Å²) in [5.41, 5.74) is 0.244. The molecule has 2 rings (SSSR count). The standard InChI is InChI=1S/C14H15ClN2O3/c15-12-2-1-3-13(11(12)8-16)20-9-14(18)17-10-4-6-19-7-5-10/h1-3,10H,4-7,9H2,(H,17,18). The van der Waals surface area contributed by atoms with Gasteiger partial charge in [0.05, 0.1) is 5.02 Å². The Morgan fingerprint density at radius 2 is 2.25 bits per heavy atom. The van der Waals surface area contributed by atoms with Gasteiger partial charge in [0, 0.05) is 19.3 Å². The Hall–Kier alpha value is -1.77. The van der Waals surface area contributed by atoms with Crippen molar-refractivity contribution >= 4 is 17.5 Å². The third kappa shape index (κ3) is 3.86. The molecule has 1 heterocycles. The van der Waals surface area contributed by atoms with Gasteiger partial charge in [-0.15, -0.1) is 0 Å². The van der Waals surface area contributed by atoms with Crippen molar-refractivity contribution < 1.29 is 14.3 Å². The zero-order valence-electron chi connectivity index (χ0n) is 10.9. The molecule has 1 amide bonds. The summed E-state index contributed by atoms with van der Waals surface area (Å²) >= 11 is 5.88. The molecule has 0 aromatic heterocycles. The maximum absolute atomic E-state index is 11.8. The maximum atomic E-state index is 11.8. The third-order valence-electron chi connectivity index (χ3n) is 3.03. The molecule has 5 nitrogen and oxygen atoms in total. The van der Waals surface area contributed by atoms with E-state index in [1.165, 1.54) is 0 Å². The Balaban J connectivity index is 1.87. The van der Waals surface area contributed by atoms with Crippen LogP contribution in [0.25, 0.3) is 0 Å². The molecule has 1 aromatic carbocycles. The van der Waals surface area contributed by atoms with Crippen molar-refractivity contribution in [2.24, 2.45) is 0 Å². The molecule has 0 radical (unpaired) electrons. The molecule has 20 heavy (non-hydrogen) atoms. The lowest BCUT2D eigenvalue weighted by Crippen LogP contribution is -2.41. The van der Waals surface area contributed by atoms with Gasteiger partial charge in [-0.3, -0.25) is 4.79 Å². The minimum Gasteiger partial charge on any atom is -0.482 e. The van der Waals surface area contributed by atoms with E-state index < -0.39 is 0 Å².